The van der Waals surface area contributed by atoms with Crippen molar-refractivity contribution in [2.24, 2.45) is 23.7 Å². The summed E-state index contributed by atoms with van der Waals surface area (Å²) < 4.78 is 27.3. The number of rotatable bonds is 3. The average Bonchev–Trinajstić information content (AvgIpc) is 3.46. The third-order valence-corrected chi connectivity index (χ3v) is 6.98. The molecule has 1 saturated heterocycles. The quantitative estimate of drug-likeness (QED) is 0.406. The van der Waals surface area contributed by atoms with E-state index in [9.17, 15) is 18.4 Å². The van der Waals surface area contributed by atoms with Crippen LogP contribution in [0.2, 0.25) is 0 Å². The number of amides is 2. The van der Waals surface area contributed by atoms with E-state index in [1.54, 1.807) is 36.4 Å². The molecule has 0 aromatic heterocycles. The number of imide groups is 1. The second-order valence-electron chi connectivity index (χ2n) is 8.68. The molecule has 2 aliphatic carbocycles. The summed E-state index contributed by atoms with van der Waals surface area (Å²) in [5, 5.41) is 0. The van der Waals surface area contributed by atoms with Crippen LogP contribution in [0.5, 0.6) is 0 Å². The fraction of sp³-hybridized carbons (Fsp3) is 0.143. The molecule has 0 radical (unpaired) electrons. The summed E-state index contributed by atoms with van der Waals surface area (Å²) in [5.74, 6) is -2.51. The van der Waals surface area contributed by atoms with Gasteiger partial charge >= 0.3 is 0 Å². The largest absolute Gasteiger partial charge is 0.274 e. The highest BCUT2D eigenvalue weighted by molar-refractivity contribution is 6.23. The second-order valence-corrected chi connectivity index (χ2v) is 8.68. The van der Waals surface area contributed by atoms with Gasteiger partial charge in [-0.1, -0.05) is 54.6 Å². The van der Waals surface area contributed by atoms with Crippen molar-refractivity contribution < 1.29 is 18.4 Å². The molecule has 6 rings (SSSR count). The van der Waals surface area contributed by atoms with Gasteiger partial charge in [-0.25, -0.2) is 13.7 Å². The summed E-state index contributed by atoms with van der Waals surface area (Å²) in [5.41, 5.74) is 3.94. The average molecular weight is 439 g/mol. The maximum absolute atomic E-state index is 13.7. The van der Waals surface area contributed by atoms with Gasteiger partial charge in [-0.15, -0.1) is 0 Å². The lowest BCUT2D eigenvalue weighted by molar-refractivity contribution is -0.122. The number of anilines is 1. The molecule has 0 spiro atoms. The molecule has 0 unspecified atom stereocenters. The Kier molecular flexibility index (Phi) is 4.40. The van der Waals surface area contributed by atoms with E-state index < -0.39 is 11.8 Å². The van der Waals surface area contributed by atoms with Crippen molar-refractivity contribution in [3.05, 3.63) is 119 Å². The molecule has 2 fully saturated rings. The first kappa shape index (κ1) is 19.8. The summed E-state index contributed by atoms with van der Waals surface area (Å²) in [7, 11) is 0. The first-order chi connectivity index (χ1) is 16.0. The monoisotopic (exact) mass is 439 g/mol. The lowest BCUT2D eigenvalue weighted by Crippen LogP contribution is -2.33. The van der Waals surface area contributed by atoms with Gasteiger partial charge in [-0.3, -0.25) is 9.59 Å². The van der Waals surface area contributed by atoms with Crippen LogP contribution in [-0.4, -0.2) is 11.8 Å². The summed E-state index contributed by atoms with van der Waals surface area (Å²) in [6.07, 6.45) is 4.02. The number of para-hydroxylation sites is 1. The summed E-state index contributed by atoms with van der Waals surface area (Å²) >= 11 is 0. The van der Waals surface area contributed by atoms with E-state index in [2.05, 4.69) is 0 Å². The zero-order valence-corrected chi connectivity index (χ0v) is 17.5. The van der Waals surface area contributed by atoms with Crippen LogP contribution < -0.4 is 4.90 Å². The molecule has 1 aliphatic heterocycles. The van der Waals surface area contributed by atoms with Crippen LogP contribution in [0.15, 0.2) is 96.6 Å². The van der Waals surface area contributed by atoms with Crippen molar-refractivity contribution in [3.63, 3.8) is 0 Å². The Balaban J connectivity index is 1.50. The highest BCUT2D eigenvalue weighted by Crippen LogP contribution is 2.58. The predicted molar refractivity (Wildman–Crippen MR) is 121 cm³/mol. The zero-order valence-electron chi connectivity index (χ0n) is 17.5. The molecular formula is C28H19F2NO2. The molecule has 4 atom stereocenters. The molecule has 3 aromatic rings. The number of nitrogens with zero attached hydrogens (tertiary/aromatic N) is 1. The number of halogens is 2. The maximum Gasteiger partial charge on any atom is 0.238 e. The number of hydrogen-bond acceptors (Lipinski definition) is 2. The van der Waals surface area contributed by atoms with E-state index in [1.807, 2.05) is 30.4 Å². The van der Waals surface area contributed by atoms with Crippen molar-refractivity contribution in [1.29, 1.82) is 0 Å². The molecule has 1 saturated carbocycles. The standard InChI is InChI=1S/C28H19F2NO2/c29-18-10-6-16(7-11-18)23(17-8-12-19(30)13-9-17)24-21-14-15-22(24)26-25(21)27(32)31(28(26)33)20-4-2-1-3-5-20/h1-15,21-22,25-26H/t21-,22-,25-,26+/m0/s1. The smallest absolute Gasteiger partial charge is 0.238 e. The summed E-state index contributed by atoms with van der Waals surface area (Å²) in [4.78, 5) is 28.2. The third-order valence-electron chi connectivity index (χ3n) is 6.98. The molecule has 1 heterocycles. The minimum absolute atomic E-state index is 0.192. The third kappa shape index (κ3) is 2.92. The van der Waals surface area contributed by atoms with Crippen LogP contribution >= 0.6 is 0 Å². The molecule has 3 nitrogen and oxygen atoms in total. The lowest BCUT2D eigenvalue weighted by atomic mass is 9.85. The number of benzene rings is 3. The number of carbonyl (C=O) groups is 2. The molecule has 33 heavy (non-hydrogen) atoms. The van der Waals surface area contributed by atoms with Crippen molar-refractivity contribution in [2.75, 3.05) is 4.90 Å². The van der Waals surface area contributed by atoms with Crippen molar-refractivity contribution >= 4 is 23.1 Å². The van der Waals surface area contributed by atoms with Gasteiger partial charge < -0.3 is 0 Å². The van der Waals surface area contributed by atoms with Crippen LogP contribution in [0, 0.1) is 35.3 Å². The molecular weight excluding hydrogens is 420 g/mol. The molecule has 0 N–H and O–H groups in total. The summed E-state index contributed by atoms with van der Waals surface area (Å²) in [6.45, 7) is 0. The van der Waals surface area contributed by atoms with E-state index >= 15 is 0 Å². The minimum Gasteiger partial charge on any atom is -0.274 e. The van der Waals surface area contributed by atoms with Gasteiger partial charge in [0.1, 0.15) is 11.6 Å². The van der Waals surface area contributed by atoms with Gasteiger partial charge in [0.2, 0.25) is 11.8 Å². The van der Waals surface area contributed by atoms with Crippen LogP contribution in [0.25, 0.3) is 5.57 Å². The predicted octanol–water partition coefficient (Wildman–Crippen LogP) is 5.39. The van der Waals surface area contributed by atoms with Gasteiger partial charge in [0.15, 0.2) is 0 Å². The van der Waals surface area contributed by atoms with Crippen molar-refractivity contribution in [1.82, 2.24) is 0 Å². The van der Waals surface area contributed by atoms with Gasteiger partial charge in [0.05, 0.1) is 17.5 Å². The Morgan fingerprint density at radius 3 is 1.55 bits per heavy atom. The summed E-state index contributed by atoms with van der Waals surface area (Å²) in [6, 6.07) is 21.3. The number of allylic oxidation sites excluding steroid dienone is 3. The van der Waals surface area contributed by atoms with E-state index in [4.69, 9.17) is 0 Å². The van der Waals surface area contributed by atoms with Gasteiger partial charge in [0.25, 0.3) is 0 Å². The highest BCUT2D eigenvalue weighted by atomic mass is 19.1. The number of carbonyl (C=O) groups excluding carboxylic acids is 2. The fourth-order valence-electron chi connectivity index (χ4n) is 5.66. The molecule has 2 bridgehead atoms. The van der Waals surface area contributed by atoms with E-state index in [0.29, 0.717) is 5.69 Å². The van der Waals surface area contributed by atoms with E-state index in [0.717, 1.165) is 22.3 Å². The van der Waals surface area contributed by atoms with Crippen LogP contribution in [0.3, 0.4) is 0 Å². The maximum atomic E-state index is 13.7. The van der Waals surface area contributed by atoms with Crippen LogP contribution in [-0.2, 0) is 9.59 Å². The fourth-order valence-corrected chi connectivity index (χ4v) is 5.66. The first-order valence-corrected chi connectivity index (χ1v) is 10.9. The number of fused-ring (bicyclic) bond motifs is 5. The second kappa shape index (κ2) is 7.34. The lowest BCUT2D eigenvalue weighted by Gasteiger charge is -2.21. The Labute approximate surface area is 189 Å². The van der Waals surface area contributed by atoms with Crippen LogP contribution in [0.1, 0.15) is 11.1 Å². The normalized spacial score (nSPS) is 25.2. The molecule has 3 aliphatic rings. The van der Waals surface area contributed by atoms with Gasteiger partial charge in [0, 0.05) is 11.8 Å². The highest BCUT2D eigenvalue weighted by Gasteiger charge is 2.62. The Morgan fingerprint density at radius 2 is 1.09 bits per heavy atom. The zero-order chi connectivity index (χ0) is 22.7. The number of hydrogen-bond donors (Lipinski definition) is 0. The molecule has 2 amide bonds. The SMILES string of the molecule is O=C1[C@@H]2[C@H](C(=O)N1c1ccccc1)[C@H]1C=C[C@H]2C1=C(c1ccc(F)cc1)c1ccc(F)cc1. The molecule has 162 valence electrons. The first-order valence-electron chi connectivity index (χ1n) is 10.9. The van der Waals surface area contributed by atoms with Crippen molar-refractivity contribution in [3.8, 4) is 0 Å². The Bertz CT molecular complexity index is 1250. The van der Waals surface area contributed by atoms with Gasteiger partial charge in [-0.2, -0.15) is 0 Å². The van der Waals surface area contributed by atoms with Crippen molar-refractivity contribution in [2.45, 2.75) is 0 Å². The molecule has 3 aromatic carbocycles. The molecule has 5 heteroatoms. The van der Waals surface area contributed by atoms with E-state index in [1.165, 1.54) is 29.2 Å². The topological polar surface area (TPSA) is 37.4 Å². The van der Waals surface area contributed by atoms with E-state index in [-0.39, 0.29) is 35.3 Å². The Hall–Kier alpha value is -3.86. The van der Waals surface area contributed by atoms with Crippen LogP contribution in [0.4, 0.5) is 14.5 Å². The minimum atomic E-state index is -0.474. The van der Waals surface area contributed by atoms with Gasteiger partial charge in [-0.05, 0) is 58.7 Å². The Morgan fingerprint density at radius 1 is 0.636 bits per heavy atom.